The summed E-state index contributed by atoms with van der Waals surface area (Å²) in [5, 5.41) is 0. The van der Waals surface area contributed by atoms with Gasteiger partial charge in [0.25, 0.3) is 0 Å². The van der Waals surface area contributed by atoms with Crippen LogP contribution in [0.4, 0.5) is 8.78 Å². The van der Waals surface area contributed by atoms with E-state index in [9.17, 15) is 18.4 Å². The number of carbonyl (C=O) groups is 2. The van der Waals surface area contributed by atoms with Crippen molar-refractivity contribution in [3.8, 4) is 0 Å². The van der Waals surface area contributed by atoms with Crippen molar-refractivity contribution in [1.29, 1.82) is 0 Å². The first kappa shape index (κ1) is 23.5. The zero-order chi connectivity index (χ0) is 20.1. The summed E-state index contributed by atoms with van der Waals surface area (Å²) in [5.74, 6) is -2.78. The quantitative estimate of drug-likeness (QED) is 0.280. The fraction of sp³-hybridized carbons (Fsp3) is 0.600. The number of carbonyl (C=O) groups excluding carboxylic acids is 2. The smallest absolute Gasteiger partial charge is 0.306 e. The van der Waals surface area contributed by atoms with Crippen LogP contribution in [0.5, 0.6) is 0 Å². The second-order valence-electron chi connectivity index (χ2n) is 6.35. The summed E-state index contributed by atoms with van der Waals surface area (Å²) in [6.45, 7) is 2.00. The third-order valence-corrected chi connectivity index (χ3v) is 4.49. The van der Waals surface area contributed by atoms with Crippen molar-refractivity contribution in [2.75, 3.05) is 6.61 Å². The van der Waals surface area contributed by atoms with E-state index in [1.54, 1.807) is 0 Å². The summed E-state index contributed by atoms with van der Waals surface area (Å²) < 4.78 is 37.4. The zero-order valence-electron chi connectivity index (χ0n) is 15.7. The van der Waals surface area contributed by atoms with E-state index in [2.05, 4.69) is 22.9 Å². The minimum atomic E-state index is -0.802. The van der Waals surface area contributed by atoms with E-state index in [-0.39, 0.29) is 22.9 Å². The molecule has 0 aliphatic heterocycles. The lowest BCUT2D eigenvalue weighted by Gasteiger charge is -2.08. The summed E-state index contributed by atoms with van der Waals surface area (Å²) in [6, 6.07) is 2.18. The van der Waals surface area contributed by atoms with Gasteiger partial charge in [0.1, 0.15) is 18.2 Å². The van der Waals surface area contributed by atoms with Gasteiger partial charge in [0, 0.05) is 4.47 Å². The molecule has 27 heavy (non-hydrogen) atoms. The fourth-order valence-electron chi connectivity index (χ4n) is 2.46. The summed E-state index contributed by atoms with van der Waals surface area (Å²) >= 11 is 2.97. The van der Waals surface area contributed by atoms with Crippen molar-refractivity contribution in [2.45, 2.75) is 71.3 Å². The molecule has 0 spiro atoms. The Bertz CT molecular complexity index is 585. The van der Waals surface area contributed by atoms with Crippen molar-refractivity contribution < 1.29 is 27.8 Å². The monoisotopic (exact) mass is 448 g/mol. The van der Waals surface area contributed by atoms with E-state index in [0.29, 0.717) is 6.61 Å². The average molecular weight is 449 g/mol. The van der Waals surface area contributed by atoms with Gasteiger partial charge in [-0.25, -0.2) is 8.78 Å². The van der Waals surface area contributed by atoms with Crippen molar-refractivity contribution >= 4 is 27.9 Å². The maximum absolute atomic E-state index is 13.6. The Morgan fingerprint density at radius 2 is 1.41 bits per heavy atom. The molecule has 0 aliphatic carbocycles. The van der Waals surface area contributed by atoms with Gasteiger partial charge in [0.2, 0.25) is 0 Å². The van der Waals surface area contributed by atoms with Gasteiger partial charge in [-0.05, 0) is 18.6 Å². The van der Waals surface area contributed by atoms with Gasteiger partial charge in [-0.1, -0.05) is 61.4 Å². The number of hydrogen-bond acceptors (Lipinski definition) is 4. The molecule has 0 saturated heterocycles. The van der Waals surface area contributed by atoms with E-state index in [1.807, 2.05) is 0 Å². The predicted molar refractivity (Wildman–Crippen MR) is 102 cm³/mol. The molecular formula is C20H27BrF2O4. The van der Waals surface area contributed by atoms with Gasteiger partial charge >= 0.3 is 11.9 Å². The minimum Gasteiger partial charge on any atom is -0.466 e. The van der Waals surface area contributed by atoms with Gasteiger partial charge < -0.3 is 9.47 Å². The number of benzene rings is 1. The van der Waals surface area contributed by atoms with E-state index < -0.39 is 30.2 Å². The number of unbranched alkanes of at least 4 members (excludes halogenated alkanes) is 6. The molecule has 1 rings (SSSR count). The lowest BCUT2D eigenvalue weighted by Crippen LogP contribution is -2.12. The Kier molecular flexibility index (Phi) is 11.9. The standard InChI is InChI=1S/C20H27BrF2O4/c1-2-3-4-5-6-7-8-11-26-19(24)9-10-20(25)27-14-16-17(22)12-15(21)13-18(16)23/h12-13H,2-11,14H2,1H3. The molecule has 0 unspecified atom stereocenters. The van der Waals surface area contributed by atoms with E-state index in [0.717, 1.165) is 31.4 Å². The fourth-order valence-corrected chi connectivity index (χ4v) is 2.86. The number of halogens is 3. The SMILES string of the molecule is CCCCCCCCCOC(=O)CCC(=O)OCc1c(F)cc(Br)cc1F. The molecule has 0 fully saturated rings. The van der Waals surface area contributed by atoms with E-state index in [4.69, 9.17) is 9.47 Å². The number of esters is 2. The molecule has 4 nitrogen and oxygen atoms in total. The molecule has 0 aromatic heterocycles. The van der Waals surface area contributed by atoms with Crippen LogP contribution in [0, 0.1) is 11.6 Å². The normalized spacial score (nSPS) is 10.7. The molecule has 0 aliphatic rings. The zero-order valence-corrected chi connectivity index (χ0v) is 17.3. The third kappa shape index (κ3) is 10.4. The Labute approximate surface area is 167 Å². The first-order valence-corrected chi connectivity index (χ1v) is 10.2. The highest BCUT2D eigenvalue weighted by atomic mass is 79.9. The molecule has 1 aromatic rings. The number of rotatable bonds is 13. The molecule has 0 amide bonds. The van der Waals surface area contributed by atoms with Crippen LogP contribution < -0.4 is 0 Å². The van der Waals surface area contributed by atoms with Crippen LogP contribution in [0.2, 0.25) is 0 Å². The maximum atomic E-state index is 13.6. The molecule has 1 aromatic carbocycles. The predicted octanol–water partition coefficient (Wildman–Crippen LogP) is 5.84. The Morgan fingerprint density at radius 1 is 0.889 bits per heavy atom. The molecule has 0 bridgehead atoms. The largest absolute Gasteiger partial charge is 0.466 e. The lowest BCUT2D eigenvalue weighted by molar-refractivity contribution is -0.151. The van der Waals surface area contributed by atoms with E-state index in [1.165, 1.54) is 25.7 Å². The van der Waals surface area contributed by atoms with Gasteiger partial charge in [-0.3, -0.25) is 9.59 Å². The average Bonchev–Trinajstić information content (AvgIpc) is 2.61. The molecule has 0 N–H and O–H groups in total. The molecule has 0 radical (unpaired) electrons. The highest BCUT2D eigenvalue weighted by molar-refractivity contribution is 9.10. The summed E-state index contributed by atoms with van der Waals surface area (Å²) in [7, 11) is 0. The van der Waals surface area contributed by atoms with Crippen LogP contribution in [-0.2, 0) is 25.7 Å². The second kappa shape index (κ2) is 13.6. The molecule has 7 heteroatoms. The topological polar surface area (TPSA) is 52.6 Å². The van der Waals surface area contributed by atoms with Crippen LogP contribution in [0.15, 0.2) is 16.6 Å². The van der Waals surface area contributed by atoms with Gasteiger partial charge in [-0.2, -0.15) is 0 Å². The number of hydrogen-bond donors (Lipinski definition) is 0. The first-order valence-electron chi connectivity index (χ1n) is 9.38. The first-order chi connectivity index (χ1) is 12.9. The number of ether oxygens (including phenoxy) is 2. The molecule has 152 valence electrons. The highest BCUT2D eigenvalue weighted by Crippen LogP contribution is 2.20. The van der Waals surface area contributed by atoms with Gasteiger partial charge in [0.05, 0.1) is 25.0 Å². The Morgan fingerprint density at radius 3 is 2.00 bits per heavy atom. The highest BCUT2D eigenvalue weighted by Gasteiger charge is 2.14. The van der Waals surface area contributed by atoms with Crippen molar-refractivity contribution in [1.82, 2.24) is 0 Å². The van der Waals surface area contributed by atoms with Crippen molar-refractivity contribution in [3.63, 3.8) is 0 Å². The summed E-state index contributed by atoms with van der Waals surface area (Å²) in [4.78, 5) is 23.2. The molecule has 0 heterocycles. The van der Waals surface area contributed by atoms with Gasteiger partial charge in [0.15, 0.2) is 0 Å². The molecular weight excluding hydrogens is 422 g/mol. The lowest BCUT2D eigenvalue weighted by atomic mass is 10.1. The van der Waals surface area contributed by atoms with Crippen LogP contribution in [0.1, 0.15) is 70.3 Å². The third-order valence-electron chi connectivity index (χ3n) is 4.03. The van der Waals surface area contributed by atoms with Crippen LogP contribution in [0.25, 0.3) is 0 Å². The van der Waals surface area contributed by atoms with E-state index >= 15 is 0 Å². The Hall–Kier alpha value is -1.50. The Balaban J connectivity index is 2.13. The van der Waals surface area contributed by atoms with Crippen molar-refractivity contribution in [3.05, 3.63) is 33.8 Å². The van der Waals surface area contributed by atoms with Crippen LogP contribution >= 0.6 is 15.9 Å². The van der Waals surface area contributed by atoms with Crippen molar-refractivity contribution in [2.24, 2.45) is 0 Å². The van der Waals surface area contributed by atoms with Crippen LogP contribution in [-0.4, -0.2) is 18.5 Å². The minimum absolute atomic E-state index is 0.110. The summed E-state index contributed by atoms with van der Waals surface area (Å²) in [6.07, 6.45) is 7.58. The second-order valence-corrected chi connectivity index (χ2v) is 7.27. The van der Waals surface area contributed by atoms with Gasteiger partial charge in [-0.15, -0.1) is 0 Å². The summed E-state index contributed by atoms with van der Waals surface area (Å²) in [5.41, 5.74) is -0.326. The molecule has 0 atom stereocenters. The maximum Gasteiger partial charge on any atom is 0.306 e. The molecule has 0 saturated carbocycles. The van der Waals surface area contributed by atoms with Crippen LogP contribution in [0.3, 0.4) is 0 Å².